The SMILES string of the molecule is CC.CC1c2ccccc2CCN1C. The fraction of sp³-hybridized carbons (Fsp3) is 0.538. The highest BCUT2D eigenvalue weighted by atomic mass is 15.1. The van der Waals surface area contributed by atoms with Gasteiger partial charge in [-0.2, -0.15) is 0 Å². The van der Waals surface area contributed by atoms with Crippen molar-refractivity contribution < 1.29 is 0 Å². The van der Waals surface area contributed by atoms with Gasteiger partial charge in [-0.1, -0.05) is 38.1 Å². The Morgan fingerprint density at radius 2 is 1.86 bits per heavy atom. The second kappa shape index (κ2) is 5.16. The van der Waals surface area contributed by atoms with Crippen LogP contribution in [-0.4, -0.2) is 18.5 Å². The highest BCUT2D eigenvalue weighted by Crippen LogP contribution is 2.27. The van der Waals surface area contributed by atoms with Crippen LogP contribution in [0.25, 0.3) is 0 Å². The van der Waals surface area contributed by atoms with Crippen LogP contribution >= 0.6 is 0 Å². The van der Waals surface area contributed by atoms with Gasteiger partial charge in [0, 0.05) is 12.6 Å². The molecule has 0 radical (unpaired) electrons. The molecule has 78 valence electrons. The maximum atomic E-state index is 2.41. The second-order valence-corrected chi connectivity index (χ2v) is 3.61. The molecule has 0 aromatic heterocycles. The summed E-state index contributed by atoms with van der Waals surface area (Å²) >= 11 is 0. The molecule has 1 nitrogen and oxygen atoms in total. The summed E-state index contributed by atoms with van der Waals surface area (Å²) in [6.45, 7) is 7.47. The molecule has 1 aliphatic rings. The van der Waals surface area contributed by atoms with E-state index >= 15 is 0 Å². The summed E-state index contributed by atoms with van der Waals surface area (Å²) in [4.78, 5) is 2.41. The van der Waals surface area contributed by atoms with Gasteiger partial charge < -0.3 is 0 Å². The van der Waals surface area contributed by atoms with E-state index in [4.69, 9.17) is 0 Å². The van der Waals surface area contributed by atoms with E-state index in [1.54, 1.807) is 0 Å². The first-order valence-electron chi connectivity index (χ1n) is 5.57. The van der Waals surface area contributed by atoms with Crippen LogP contribution in [-0.2, 0) is 6.42 Å². The van der Waals surface area contributed by atoms with Gasteiger partial charge in [0.2, 0.25) is 0 Å². The van der Waals surface area contributed by atoms with E-state index in [-0.39, 0.29) is 0 Å². The second-order valence-electron chi connectivity index (χ2n) is 3.61. The predicted octanol–water partition coefficient (Wildman–Crippen LogP) is 3.26. The Labute approximate surface area is 87.7 Å². The lowest BCUT2D eigenvalue weighted by molar-refractivity contribution is 0.247. The van der Waals surface area contributed by atoms with Gasteiger partial charge in [0.05, 0.1) is 0 Å². The summed E-state index contributed by atoms with van der Waals surface area (Å²) in [5.41, 5.74) is 3.04. The summed E-state index contributed by atoms with van der Waals surface area (Å²) in [6.07, 6.45) is 1.21. The molecule has 1 heterocycles. The monoisotopic (exact) mass is 191 g/mol. The van der Waals surface area contributed by atoms with Gasteiger partial charge in [-0.15, -0.1) is 0 Å². The largest absolute Gasteiger partial charge is 0.299 e. The number of nitrogens with zero attached hydrogens (tertiary/aromatic N) is 1. The first-order chi connectivity index (χ1) is 6.79. The molecule has 1 heteroatoms. The normalized spacial score (nSPS) is 20.7. The van der Waals surface area contributed by atoms with Gasteiger partial charge in [0.15, 0.2) is 0 Å². The third kappa shape index (κ3) is 2.16. The maximum Gasteiger partial charge on any atom is 0.0319 e. The first-order valence-corrected chi connectivity index (χ1v) is 5.57. The van der Waals surface area contributed by atoms with Crippen LogP contribution in [0.5, 0.6) is 0 Å². The summed E-state index contributed by atoms with van der Waals surface area (Å²) in [5.74, 6) is 0. The van der Waals surface area contributed by atoms with Crippen LogP contribution in [0.15, 0.2) is 24.3 Å². The molecule has 14 heavy (non-hydrogen) atoms. The molecule has 0 spiro atoms. The lowest BCUT2D eigenvalue weighted by atomic mass is 9.94. The van der Waals surface area contributed by atoms with Gasteiger partial charge in [0.25, 0.3) is 0 Å². The summed E-state index contributed by atoms with van der Waals surface area (Å²) in [6, 6.07) is 9.36. The minimum atomic E-state index is 0.593. The number of likely N-dealkylation sites (N-methyl/N-ethyl adjacent to an activating group) is 1. The van der Waals surface area contributed by atoms with Crippen molar-refractivity contribution >= 4 is 0 Å². The zero-order chi connectivity index (χ0) is 10.6. The van der Waals surface area contributed by atoms with Gasteiger partial charge in [0.1, 0.15) is 0 Å². The summed E-state index contributed by atoms with van der Waals surface area (Å²) in [7, 11) is 2.20. The number of hydrogen-bond donors (Lipinski definition) is 0. The predicted molar refractivity (Wildman–Crippen MR) is 62.5 cm³/mol. The van der Waals surface area contributed by atoms with Crippen molar-refractivity contribution in [3.05, 3.63) is 35.4 Å². The van der Waals surface area contributed by atoms with Crippen molar-refractivity contribution in [2.45, 2.75) is 33.2 Å². The average molecular weight is 191 g/mol. The van der Waals surface area contributed by atoms with Gasteiger partial charge in [-0.05, 0) is 31.5 Å². The molecule has 0 amide bonds. The summed E-state index contributed by atoms with van der Waals surface area (Å²) < 4.78 is 0. The van der Waals surface area contributed by atoms with Crippen LogP contribution in [0.4, 0.5) is 0 Å². The smallest absolute Gasteiger partial charge is 0.0319 e. The van der Waals surface area contributed by atoms with Gasteiger partial charge in [-0.25, -0.2) is 0 Å². The topological polar surface area (TPSA) is 3.24 Å². The Morgan fingerprint density at radius 3 is 2.57 bits per heavy atom. The molecule has 0 saturated heterocycles. The molecule has 1 aromatic carbocycles. The highest BCUT2D eigenvalue weighted by Gasteiger charge is 2.19. The molecule has 0 saturated carbocycles. The number of benzene rings is 1. The standard InChI is InChI=1S/C11H15N.C2H6/c1-9-11-6-4-3-5-10(11)7-8-12(9)2;1-2/h3-6,9H,7-8H2,1-2H3;1-2H3. The van der Waals surface area contributed by atoms with E-state index < -0.39 is 0 Å². The molecule has 1 unspecified atom stereocenters. The van der Waals surface area contributed by atoms with Crippen LogP contribution in [0, 0.1) is 0 Å². The fourth-order valence-electron chi connectivity index (χ4n) is 1.90. The van der Waals surface area contributed by atoms with Gasteiger partial charge in [-0.3, -0.25) is 4.90 Å². The lowest BCUT2D eigenvalue weighted by Crippen LogP contribution is -2.30. The van der Waals surface area contributed by atoms with Gasteiger partial charge >= 0.3 is 0 Å². The molecule has 2 rings (SSSR count). The molecule has 1 aliphatic heterocycles. The van der Waals surface area contributed by atoms with E-state index in [1.165, 1.54) is 24.1 Å². The molecule has 0 fully saturated rings. The number of fused-ring (bicyclic) bond motifs is 1. The minimum Gasteiger partial charge on any atom is -0.299 e. The Kier molecular flexibility index (Phi) is 4.15. The molecular formula is C13H21N. The Morgan fingerprint density at radius 1 is 1.21 bits per heavy atom. The first kappa shape index (κ1) is 11.3. The van der Waals surface area contributed by atoms with E-state index in [9.17, 15) is 0 Å². The summed E-state index contributed by atoms with van der Waals surface area (Å²) in [5, 5.41) is 0. The third-order valence-electron chi connectivity index (χ3n) is 2.90. The zero-order valence-corrected chi connectivity index (χ0v) is 9.75. The Hall–Kier alpha value is -0.820. The average Bonchev–Trinajstić information content (AvgIpc) is 2.27. The van der Waals surface area contributed by atoms with Crippen molar-refractivity contribution in [1.29, 1.82) is 0 Å². The van der Waals surface area contributed by atoms with E-state index in [2.05, 4.69) is 43.1 Å². The Bertz CT molecular complexity index is 280. The fourth-order valence-corrected chi connectivity index (χ4v) is 1.90. The molecule has 0 bridgehead atoms. The quantitative estimate of drug-likeness (QED) is 0.608. The van der Waals surface area contributed by atoms with Crippen molar-refractivity contribution in [3.8, 4) is 0 Å². The molecule has 1 atom stereocenters. The van der Waals surface area contributed by atoms with Crippen LogP contribution < -0.4 is 0 Å². The number of rotatable bonds is 0. The molecule has 0 aliphatic carbocycles. The molecular weight excluding hydrogens is 170 g/mol. The number of hydrogen-bond acceptors (Lipinski definition) is 1. The minimum absolute atomic E-state index is 0.593. The third-order valence-corrected chi connectivity index (χ3v) is 2.90. The Balaban J connectivity index is 0.000000461. The van der Waals surface area contributed by atoms with Crippen molar-refractivity contribution in [3.63, 3.8) is 0 Å². The van der Waals surface area contributed by atoms with E-state index in [1.807, 2.05) is 13.8 Å². The molecule has 0 N–H and O–H groups in total. The molecule has 1 aromatic rings. The lowest BCUT2D eigenvalue weighted by Gasteiger charge is -2.31. The van der Waals surface area contributed by atoms with E-state index in [0.717, 1.165) is 0 Å². The van der Waals surface area contributed by atoms with Crippen molar-refractivity contribution in [1.82, 2.24) is 4.90 Å². The highest BCUT2D eigenvalue weighted by molar-refractivity contribution is 5.31. The van der Waals surface area contributed by atoms with Crippen molar-refractivity contribution in [2.75, 3.05) is 13.6 Å². The maximum absolute atomic E-state index is 2.41. The van der Waals surface area contributed by atoms with Crippen LogP contribution in [0.3, 0.4) is 0 Å². The van der Waals surface area contributed by atoms with Crippen molar-refractivity contribution in [2.24, 2.45) is 0 Å². The van der Waals surface area contributed by atoms with E-state index in [0.29, 0.717) is 6.04 Å². The van der Waals surface area contributed by atoms with Crippen LogP contribution in [0.1, 0.15) is 37.9 Å². The zero-order valence-electron chi connectivity index (χ0n) is 9.75. The van der Waals surface area contributed by atoms with Crippen LogP contribution in [0.2, 0.25) is 0 Å².